The van der Waals surface area contributed by atoms with Gasteiger partial charge in [-0.3, -0.25) is 4.79 Å². The van der Waals surface area contributed by atoms with E-state index < -0.39 is 0 Å². The first-order valence-corrected chi connectivity index (χ1v) is 8.73. The Morgan fingerprint density at radius 3 is 2.67 bits per heavy atom. The highest BCUT2D eigenvalue weighted by atomic mass is 16.5. The van der Waals surface area contributed by atoms with E-state index in [1.807, 2.05) is 17.0 Å². The SMILES string of the molecule is COc1ccc(C(CC(=O)N2CCOCC2C)C2CC2)cc1OC. The predicted octanol–water partition coefficient (Wildman–Crippen LogP) is 2.83. The van der Waals surface area contributed by atoms with Gasteiger partial charge in [-0.2, -0.15) is 0 Å². The largest absolute Gasteiger partial charge is 0.493 e. The quantitative estimate of drug-likeness (QED) is 0.803. The van der Waals surface area contributed by atoms with Crippen LogP contribution in [0.3, 0.4) is 0 Å². The number of rotatable bonds is 6. The van der Waals surface area contributed by atoms with Crippen molar-refractivity contribution in [3.05, 3.63) is 23.8 Å². The monoisotopic (exact) mass is 333 g/mol. The van der Waals surface area contributed by atoms with Crippen LogP contribution in [-0.4, -0.2) is 50.8 Å². The Labute approximate surface area is 143 Å². The average Bonchev–Trinajstić information content (AvgIpc) is 3.44. The van der Waals surface area contributed by atoms with Crippen LogP contribution >= 0.6 is 0 Å². The Morgan fingerprint density at radius 2 is 2.04 bits per heavy atom. The number of benzene rings is 1. The lowest BCUT2D eigenvalue weighted by atomic mass is 9.90. The van der Waals surface area contributed by atoms with E-state index in [1.165, 1.54) is 18.4 Å². The summed E-state index contributed by atoms with van der Waals surface area (Å²) in [6.45, 7) is 4.03. The molecule has 1 aliphatic heterocycles. The molecule has 5 nitrogen and oxygen atoms in total. The molecule has 0 radical (unpaired) electrons. The van der Waals surface area contributed by atoms with Gasteiger partial charge < -0.3 is 19.1 Å². The zero-order valence-electron chi connectivity index (χ0n) is 14.8. The summed E-state index contributed by atoms with van der Waals surface area (Å²) < 4.78 is 16.2. The van der Waals surface area contributed by atoms with Gasteiger partial charge in [-0.1, -0.05) is 6.07 Å². The summed E-state index contributed by atoms with van der Waals surface area (Å²) >= 11 is 0. The van der Waals surface area contributed by atoms with E-state index in [1.54, 1.807) is 14.2 Å². The van der Waals surface area contributed by atoms with Crippen molar-refractivity contribution >= 4 is 5.91 Å². The number of carbonyl (C=O) groups excluding carboxylic acids is 1. The van der Waals surface area contributed by atoms with Crippen molar-refractivity contribution in [3.63, 3.8) is 0 Å². The minimum Gasteiger partial charge on any atom is -0.493 e. The molecular weight excluding hydrogens is 306 g/mol. The Kier molecular flexibility index (Phi) is 5.29. The maximum absolute atomic E-state index is 12.8. The van der Waals surface area contributed by atoms with E-state index in [2.05, 4.69) is 13.0 Å². The first kappa shape index (κ1) is 17.1. The second-order valence-corrected chi connectivity index (χ2v) is 6.77. The zero-order valence-corrected chi connectivity index (χ0v) is 14.8. The van der Waals surface area contributed by atoms with Crippen LogP contribution in [0, 0.1) is 5.92 Å². The van der Waals surface area contributed by atoms with Crippen molar-refractivity contribution in [3.8, 4) is 11.5 Å². The molecule has 1 amide bonds. The molecule has 2 atom stereocenters. The Bertz CT molecular complexity index is 585. The topological polar surface area (TPSA) is 48.0 Å². The third-order valence-corrected chi connectivity index (χ3v) is 5.11. The van der Waals surface area contributed by atoms with Gasteiger partial charge in [0.2, 0.25) is 5.91 Å². The Morgan fingerprint density at radius 1 is 1.29 bits per heavy atom. The Hall–Kier alpha value is -1.75. The first-order valence-electron chi connectivity index (χ1n) is 8.73. The average molecular weight is 333 g/mol. The van der Waals surface area contributed by atoms with E-state index in [4.69, 9.17) is 14.2 Å². The van der Waals surface area contributed by atoms with Crippen LogP contribution in [0.5, 0.6) is 11.5 Å². The molecule has 1 aliphatic carbocycles. The van der Waals surface area contributed by atoms with Crippen molar-refractivity contribution in [2.24, 2.45) is 5.92 Å². The lowest BCUT2D eigenvalue weighted by Crippen LogP contribution is -2.47. The molecule has 2 fully saturated rings. The first-order chi connectivity index (χ1) is 11.6. The number of hydrogen-bond donors (Lipinski definition) is 0. The lowest BCUT2D eigenvalue weighted by molar-refractivity contribution is -0.139. The highest BCUT2D eigenvalue weighted by Gasteiger charge is 2.36. The number of carbonyl (C=O) groups is 1. The minimum atomic E-state index is 0.163. The van der Waals surface area contributed by atoms with Crippen molar-refractivity contribution < 1.29 is 19.0 Å². The summed E-state index contributed by atoms with van der Waals surface area (Å²) in [6, 6.07) is 6.19. The number of methoxy groups -OCH3 is 2. The molecule has 2 unspecified atom stereocenters. The zero-order chi connectivity index (χ0) is 17.1. The number of amides is 1. The third-order valence-electron chi connectivity index (χ3n) is 5.11. The van der Waals surface area contributed by atoms with Crippen molar-refractivity contribution in [2.45, 2.75) is 38.1 Å². The molecular formula is C19H27NO4. The maximum Gasteiger partial charge on any atom is 0.223 e. The standard InChI is InChI=1S/C19H27NO4/c1-13-12-24-9-8-20(13)19(21)11-16(14-4-5-14)15-6-7-17(22-2)18(10-15)23-3/h6-7,10,13-14,16H,4-5,8-9,11-12H2,1-3H3. The number of ether oxygens (including phenoxy) is 3. The summed E-state index contributed by atoms with van der Waals surface area (Å²) in [5.41, 5.74) is 1.17. The fraction of sp³-hybridized carbons (Fsp3) is 0.632. The van der Waals surface area contributed by atoms with Crippen LogP contribution in [0.25, 0.3) is 0 Å². The van der Waals surface area contributed by atoms with Gasteiger partial charge in [0.15, 0.2) is 11.5 Å². The highest BCUT2D eigenvalue weighted by molar-refractivity contribution is 5.77. The van der Waals surface area contributed by atoms with E-state index in [9.17, 15) is 4.79 Å². The molecule has 1 aromatic carbocycles. The molecule has 0 N–H and O–H groups in total. The van der Waals surface area contributed by atoms with Gasteiger partial charge in [0, 0.05) is 13.0 Å². The maximum atomic E-state index is 12.8. The molecule has 0 bridgehead atoms. The van der Waals surface area contributed by atoms with Crippen LogP contribution in [0.4, 0.5) is 0 Å². The summed E-state index contributed by atoms with van der Waals surface area (Å²) in [6.07, 6.45) is 2.96. The van der Waals surface area contributed by atoms with E-state index >= 15 is 0 Å². The molecule has 24 heavy (non-hydrogen) atoms. The molecule has 1 aromatic rings. The molecule has 0 spiro atoms. The van der Waals surface area contributed by atoms with Crippen LogP contribution in [0.2, 0.25) is 0 Å². The number of nitrogens with zero attached hydrogens (tertiary/aromatic N) is 1. The second-order valence-electron chi connectivity index (χ2n) is 6.77. The summed E-state index contributed by atoms with van der Waals surface area (Å²) in [5, 5.41) is 0. The van der Waals surface area contributed by atoms with Gasteiger partial charge in [0.05, 0.1) is 33.5 Å². The highest BCUT2D eigenvalue weighted by Crippen LogP contribution is 2.46. The molecule has 1 saturated heterocycles. The van der Waals surface area contributed by atoms with E-state index in [0.29, 0.717) is 32.1 Å². The van der Waals surface area contributed by atoms with E-state index in [-0.39, 0.29) is 17.9 Å². The summed E-state index contributed by atoms with van der Waals surface area (Å²) in [5.74, 6) is 2.55. The van der Waals surface area contributed by atoms with Crippen LogP contribution in [-0.2, 0) is 9.53 Å². The van der Waals surface area contributed by atoms with Crippen molar-refractivity contribution in [1.29, 1.82) is 0 Å². The van der Waals surface area contributed by atoms with E-state index in [0.717, 1.165) is 11.5 Å². The molecule has 2 aliphatic rings. The van der Waals surface area contributed by atoms with Gasteiger partial charge in [0.1, 0.15) is 0 Å². The van der Waals surface area contributed by atoms with Crippen LogP contribution < -0.4 is 9.47 Å². The van der Waals surface area contributed by atoms with Crippen LogP contribution in [0.15, 0.2) is 18.2 Å². The molecule has 1 heterocycles. The summed E-state index contributed by atoms with van der Waals surface area (Å²) in [4.78, 5) is 14.8. The van der Waals surface area contributed by atoms with Crippen molar-refractivity contribution in [1.82, 2.24) is 4.90 Å². The minimum absolute atomic E-state index is 0.163. The van der Waals surface area contributed by atoms with Gasteiger partial charge in [-0.05, 0) is 49.3 Å². The third kappa shape index (κ3) is 3.66. The molecule has 1 saturated carbocycles. The van der Waals surface area contributed by atoms with Gasteiger partial charge >= 0.3 is 0 Å². The van der Waals surface area contributed by atoms with Gasteiger partial charge in [0.25, 0.3) is 0 Å². The lowest BCUT2D eigenvalue weighted by Gasteiger charge is -2.34. The predicted molar refractivity (Wildman–Crippen MR) is 91.6 cm³/mol. The number of morpholine rings is 1. The normalized spacial score (nSPS) is 22.1. The summed E-state index contributed by atoms with van der Waals surface area (Å²) in [7, 11) is 3.29. The van der Waals surface area contributed by atoms with Gasteiger partial charge in [-0.15, -0.1) is 0 Å². The van der Waals surface area contributed by atoms with Crippen molar-refractivity contribution in [2.75, 3.05) is 34.0 Å². The molecule has 0 aromatic heterocycles. The fourth-order valence-corrected chi connectivity index (χ4v) is 3.54. The molecule has 132 valence electrons. The smallest absolute Gasteiger partial charge is 0.223 e. The Balaban J connectivity index is 1.76. The van der Waals surface area contributed by atoms with Gasteiger partial charge in [-0.25, -0.2) is 0 Å². The molecule has 3 rings (SSSR count). The second kappa shape index (κ2) is 7.43. The van der Waals surface area contributed by atoms with Crippen LogP contribution in [0.1, 0.15) is 37.7 Å². The fourth-order valence-electron chi connectivity index (χ4n) is 3.54. The number of hydrogen-bond acceptors (Lipinski definition) is 4. The molecule has 5 heteroatoms.